The van der Waals surface area contributed by atoms with Gasteiger partial charge in [0.1, 0.15) is 11.2 Å². The molecule has 0 saturated heterocycles. The fourth-order valence-corrected chi connectivity index (χ4v) is 11.6. The summed E-state index contributed by atoms with van der Waals surface area (Å²) < 4.78 is 20.0. The summed E-state index contributed by atoms with van der Waals surface area (Å²) in [6, 6.07) is 37.4. The lowest BCUT2D eigenvalue weighted by Crippen LogP contribution is -2.67. The van der Waals surface area contributed by atoms with Crippen LogP contribution in [0.2, 0.25) is 0 Å². The van der Waals surface area contributed by atoms with E-state index in [0.717, 1.165) is 77.9 Å². The van der Waals surface area contributed by atoms with E-state index >= 15 is 0 Å². The van der Waals surface area contributed by atoms with E-state index in [1.807, 2.05) is 99.9 Å². The highest BCUT2D eigenvalue weighted by molar-refractivity contribution is 9.10. The van der Waals surface area contributed by atoms with Crippen LogP contribution in [0, 0.1) is 0 Å². The van der Waals surface area contributed by atoms with E-state index in [0.29, 0.717) is 19.5 Å². The number of benzene rings is 4. The van der Waals surface area contributed by atoms with Gasteiger partial charge in [0.25, 0.3) is 0 Å². The Balaban J connectivity index is 0.000000189. The number of ether oxygens (including phenoxy) is 3. The van der Waals surface area contributed by atoms with Crippen LogP contribution in [0.25, 0.3) is 0 Å². The number of halogens is 2. The second-order valence-electron chi connectivity index (χ2n) is 20.5. The number of fused-ring (bicyclic) bond motifs is 6. The molecule has 2 amide bonds. The van der Waals surface area contributed by atoms with Gasteiger partial charge >= 0.3 is 12.2 Å². The Morgan fingerprint density at radius 2 is 0.937 bits per heavy atom. The number of carbonyl (C=O) groups is 2. The minimum absolute atomic E-state index is 0.0196. The highest BCUT2D eigenvalue weighted by atomic mass is 79.9. The molecule has 1 N–H and O–H groups in total. The fraction of sp³-hybridized carbons (Fsp3) is 0.509. The van der Waals surface area contributed by atoms with Crippen LogP contribution in [0.5, 0.6) is 0 Å². The van der Waals surface area contributed by atoms with E-state index in [4.69, 9.17) is 14.2 Å². The third-order valence-corrected chi connectivity index (χ3v) is 15.5. The van der Waals surface area contributed by atoms with Crippen LogP contribution in [-0.4, -0.2) is 68.7 Å². The first-order chi connectivity index (χ1) is 29.8. The number of hydrogen-bond donors (Lipinski definition) is 1. The molecule has 6 aliphatic rings. The lowest BCUT2D eigenvalue weighted by Gasteiger charge is -2.60. The van der Waals surface area contributed by atoms with Crippen LogP contribution in [0.3, 0.4) is 0 Å². The first-order valence-corrected chi connectivity index (χ1v) is 24.2. The van der Waals surface area contributed by atoms with E-state index < -0.39 is 22.8 Å². The highest BCUT2D eigenvalue weighted by Crippen LogP contribution is 2.58. The quantitative estimate of drug-likeness (QED) is 0.180. The molecule has 8 nitrogen and oxygen atoms in total. The summed E-state index contributed by atoms with van der Waals surface area (Å²) in [6.45, 7) is 12.4. The molecular formula is C53H66Br2N2O6. The second kappa shape index (κ2) is 18.7. The molecule has 0 aromatic heterocycles. The molecule has 10 rings (SSSR count). The van der Waals surface area contributed by atoms with Crippen molar-refractivity contribution in [1.29, 1.82) is 0 Å². The molecule has 6 fully saturated rings. The zero-order valence-electron chi connectivity index (χ0n) is 38.2. The van der Waals surface area contributed by atoms with Crippen LogP contribution in [0.4, 0.5) is 9.59 Å². The molecule has 4 aromatic carbocycles. The van der Waals surface area contributed by atoms with Crippen molar-refractivity contribution >= 4 is 44.0 Å². The maximum Gasteiger partial charge on any atom is 0.411 e. The van der Waals surface area contributed by atoms with Crippen molar-refractivity contribution in [2.75, 3.05) is 7.11 Å². The van der Waals surface area contributed by atoms with Crippen LogP contribution in [0.1, 0.15) is 128 Å². The fourth-order valence-electron chi connectivity index (χ4n) is 11.1. The molecule has 6 aliphatic carbocycles. The molecule has 10 heteroatoms. The SMILES string of the molecule is CC(C)(C)OC(=O)N(Cc1ccccc1)C12CCC(c3ccc(Br)cc3)(CC1)CC2O.COC1CC2(c3ccc(Br)cc3)CCC1(N(Cc1ccccc1)C(=O)OC(C)(C)C)CC2. The number of rotatable bonds is 9. The van der Waals surface area contributed by atoms with Gasteiger partial charge in [0.05, 0.1) is 23.3 Å². The Labute approximate surface area is 392 Å². The van der Waals surface area contributed by atoms with Crippen molar-refractivity contribution < 1.29 is 28.9 Å². The first kappa shape index (κ1) is 47.3. The Morgan fingerprint density at radius 1 is 0.571 bits per heavy atom. The summed E-state index contributed by atoms with van der Waals surface area (Å²) in [7, 11) is 1.79. The lowest BCUT2D eigenvalue weighted by molar-refractivity contribution is -0.133. The van der Waals surface area contributed by atoms with Crippen LogP contribution in [-0.2, 0) is 38.1 Å². The minimum Gasteiger partial charge on any atom is -0.444 e. The monoisotopic (exact) mass is 984 g/mol. The third-order valence-electron chi connectivity index (χ3n) is 14.4. The van der Waals surface area contributed by atoms with Crippen molar-refractivity contribution in [3.05, 3.63) is 140 Å². The van der Waals surface area contributed by atoms with Gasteiger partial charge in [-0.15, -0.1) is 0 Å². The smallest absolute Gasteiger partial charge is 0.411 e. The van der Waals surface area contributed by atoms with Gasteiger partial charge in [-0.25, -0.2) is 9.59 Å². The van der Waals surface area contributed by atoms with Crippen molar-refractivity contribution in [2.45, 2.75) is 164 Å². The van der Waals surface area contributed by atoms with Crippen LogP contribution >= 0.6 is 31.9 Å². The van der Waals surface area contributed by atoms with Gasteiger partial charge in [0.15, 0.2) is 0 Å². The molecule has 0 aliphatic heterocycles. The lowest BCUT2D eigenvalue weighted by atomic mass is 9.53. The number of carbonyl (C=O) groups excluding carboxylic acids is 2. The summed E-state index contributed by atoms with van der Waals surface area (Å²) in [4.78, 5) is 30.7. The zero-order valence-corrected chi connectivity index (χ0v) is 41.3. The van der Waals surface area contributed by atoms with Gasteiger partial charge < -0.3 is 19.3 Å². The molecule has 0 spiro atoms. The van der Waals surface area contributed by atoms with Crippen molar-refractivity contribution in [3.63, 3.8) is 0 Å². The highest BCUT2D eigenvalue weighted by Gasteiger charge is 2.60. The number of aliphatic hydroxyl groups excluding tert-OH is 1. The minimum atomic E-state index is -0.588. The average molecular weight is 987 g/mol. The van der Waals surface area contributed by atoms with Gasteiger partial charge in [-0.3, -0.25) is 9.80 Å². The maximum absolute atomic E-state index is 13.5. The number of aliphatic hydroxyl groups is 1. The van der Waals surface area contributed by atoms with Gasteiger partial charge in [-0.1, -0.05) is 117 Å². The van der Waals surface area contributed by atoms with E-state index in [-0.39, 0.29) is 34.7 Å². The molecule has 4 aromatic rings. The predicted molar refractivity (Wildman–Crippen MR) is 257 cm³/mol. The van der Waals surface area contributed by atoms with Crippen LogP contribution < -0.4 is 0 Å². The van der Waals surface area contributed by atoms with Crippen molar-refractivity contribution in [3.8, 4) is 0 Å². The van der Waals surface area contributed by atoms with E-state index in [9.17, 15) is 14.7 Å². The number of nitrogens with zero attached hydrogens (tertiary/aromatic N) is 2. The topological polar surface area (TPSA) is 88.5 Å². The number of amides is 2. The normalized spacial score (nSPS) is 27.5. The summed E-state index contributed by atoms with van der Waals surface area (Å²) in [5, 5.41) is 11.5. The van der Waals surface area contributed by atoms with Gasteiger partial charge in [0.2, 0.25) is 0 Å². The second-order valence-corrected chi connectivity index (χ2v) is 22.4. The zero-order chi connectivity index (χ0) is 45.3. The molecule has 338 valence electrons. The number of methoxy groups -OCH3 is 1. The molecule has 0 heterocycles. The molecule has 63 heavy (non-hydrogen) atoms. The summed E-state index contributed by atoms with van der Waals surface area (Å²) >= 11 is 7.08. The number of hydrogen-bond acceptors (Lipinski definition) is 6. The molecule has 6 saturated carbocycles. The summed E-state index contributed by atoms with van der Waals surface area (Å²) in [5.74, 6) is 0. The maximum atomic E-state index is 13.5. The van der Waals surface area contributed by atoms with Crippen molar-refractivity contribution in [2.24, 2.45) is 0 Å². The Morgan fingerprint density at radius 3 is 1.30 bits per heavy atom. The predicted octanol–water partition coefficient (Wildman–Crippen LogP) is 13.1. The van der Waals surface area contributed by atoms with Gasteiger partial charge in [-0.05, 0) is 163 Å². The van der Waals surface area contributed by atoms with Crippen LogP contribution in [0.15, 0.2) is 118 Å². The van der Waals surface area contributed by atoms with Crippen molar-refractivity contribution in [1.82, 2.24) is 9.80 Å². The summed E-state index contributed by atoms with van der Waals surface area (Å²) in [6.07, 6.45) is 7.75. The van der Waals surface area contributed by atoms with E-state index in [1.165, 1.54) is 11.1 Å². The Bertz CT molecular complexity index is 2150. The average Bonchev–Trinajstić information content (AvgIpc) is 3.25. The molecular weight excluding hydrogens is 920 g/mol. The van der Waals surface area contributed by atoms with Gasteiger partial charge in [-0.2, -0.15) is 0 Å². The van der Waals surface area contributed by atoms with E-state index in [1.54, 1.807) is 7.11 Å². The van der Waals surface area contributed by atoms with Gasteiger partial charge in [0, 0.05) is 29.1 Å². The molecule has 2 atom stereocenters. The van der Waals surface area contributed by atoms with E-state index in [2.05, 4.69) is 92.5 Å². The third kappa shape index (κ3) is 10.2. The Hall–Kier alpha value is -3.70. The molecule has 2 unspecified atom stereocenters. The summed E-state index contributed by atoms with van der Waals surface area (Å²) in [5.41, 5.74) is 2.83. The Kier molecular flexibility index (Phi) is 14.0. The largest absolute Gasteiger partial charge is 0.444 e. The standard InChI is InChI=1S/C27H34BrNO3.C26H32BrNO3/c1-25(2,3)32-24(30)29(19-20-8-6-5-7-9-20)27-16-14-26(15-17-27,18-23(27)31-4)21-10-12-22(28)13-11-21;1-24(2,3)31-23(30)28(18-19-7-5-4-6-8-19)26-15-13-25(14-16-26,17-22(26)29)20-9-11-21(27)12-10-20/h5-13,23H,14-19H2,1-4H3;4-12,22,29H,13-18H2,1-3H3. The molecule has 0 radical (unpaired) electrons. The molecule has 4 bridgehead atoms. The first-order valence-electron chi connectivity index (χ1n) is 22.6.